The molecule has 0 aliphatic carbocycles. The van der Waals surface area contributed by atoms with E-state index in [0.29, 0.717) is 5.82 Å². The smallest absolute Gasteiger partial charge is 0.249 e. The van der Waals surface area contributed by atoms with Gasteiger partial charge >= 0.3 is 0 Å². The highest BCUT2D eigenvalue weighted by molar-refractivity contribution is 6.01. The van der Waals surface area contributed by atoms with E-state index in [-0.39, 0.29) is 5.91 Å². The van der Waals surface area contributed by atoms with Crippen LogP contribution in [-0.4, -0.2) is 18.0 Å². The Morgan fingerprint density at radius 2 is 1.90 bits per heavy atom. The van der Waals surface area contributed by atoms with E-state index in [1.807, 2.05) is 50.2 Å². The SMILES string of the molecule is COc1ccc(/C=C/C(=O)Nc2cc(C)cc(C)n2)cc1. The quantitative estimate of drug-likeness (QED) is 0.875. The first-order chi connectivity index (χ1) is 10.1. The predicted molar refractivity (Wildman–Crippen MR) is 84.4 cm³/mol. The minimum atomic E-state index is -0.205. The molecule has 0 spiro atoms. The number of aromatic nitrogens is 1. The maximum atomic E-state index is 11.9. The van der Waals surface area contributed by atoms with Gasteiger partial charge in [-0.3, -0.25) is 4.79 Å². The van der Waals surface area contributed by atoms with Crippen molar-refractivity contribution in [2.75, 3.05) is 12.4 Å². The fraction of sp³-hybridized carbons (Fsp3) is 0.176. The first-order valence-electron chi connectivity index (χ1n) is 6.65. The Kier molecular flexibility index (Phi) is 4.72. The van der Waals surface area contributed by atoms with Crippen molar-refractivity contribution >= 4 is 17.8 Å². The van der Waals surface area contributed by atoms with Gasteiger partial charge in [0.1, 0.15) is 11.6 Å². The Bertz CT molecular complexity index is 641. The molecule has 2 rings (SSSR count). The second-order valence-electron chi connectivity index (χ2n) is 4.77. The molecule has 0 bridgehead atoms. The molecular weight excluding hydrogens is 264 g/mol. The molecule has 0 saturated carbocycles. The van der Waals surface area contributed by atoms with Gasteiger partial charge in [-0.05, 0) is 55.3 Å². The molecule has 4 nitrogen and oxygen atoms in total. The molecule has 0 aliphatic rings. The van der Waals surface area contributed by atoms with Gasteiger partial charge in [0, 0.05) is 11.8 Å². The van der Waals surface area contributed by atoms with Crippen LogP contribution in [0.2, 0.25) is 0 Å². The van der Waals surface area contributed by atoms with Crippen molar-refractivity contribution in [1.82, 2.24) is 4.98 Å². The maximum Gasteiger partial charge on any atom is 0.249 e. The Labute approximate surface area is 124 Å². The second kappa shape index (κ2) is 6.70. The summed E-state index contributed by atoms with van der Waals surface area (Å²) < 4.78 is 5.08. The third kappa shape index (κ3) is 4.45. The lowest BCUT2D eigenvalue weighted by Gasteiger charge is -2.04. The van der Waals surface area contributed by atoms with E-state index in [1.165, 1.54) is 6.08 Å². The molecule has 0 aliphatic heterocycles. The molecule has 1 aromatic carbocycles. The van der Waals surface area contributed by atoms with E-state index in [2.05, 4.69) is 10.3 Å². The minimum absolute atomic E-state index is 0.205. The number of benzene rings is 1. The first kappa shape index (κ1) is 14.8. The fourth-order valence-electron chi connectivity index (χ4n) is 1.96. The number of anilines is 1. The third-order valence-corrected chi connectivity index (χ3v) is 2.89. The molecule has 0 atom stereocenters. The summed E-state index contributed by atoms with van der Waals surface area (Å²) in [5.74, 6) is 1.15. The predicted octanol–water partition coefficient (Wildman–Crippen LogP) is 3.36. The van der Waals surface area contributed by atoms with Crippen molar-refractivity contribution in [1.29, 1.82) is 0 Å². The van der Waals surface area contributed by atoms with Gasteiger partial charge in [-0.2, -0.15) is 0 Å². The van der Waals surface area contributed by atoms with Crippen molar-refractivity contribution in [3.8, 4) is 5.75 Å². The van der Waals surface area contributed by atoms with Gasteiger partial charge in [-0.1, -0.05) is 12.1 Å². The molecule has 0 radical (unpaired) electrons. The topological polar surface area (TPSA) is 51.2 Å². The molecule has 21 heavy (non-hydrogen) atoms. The van der Waals surface area contributed by atoms with Gasteiger partial charge in [-0.15, -0.1) is 0 Å². The number of carbonyl (C=O) groups excluding carboxylic acids is 1. The van der Waals surface area contributed by atoms with Gasteiger partial charge in [0.2, 0.25) is 5.91 Å². The highest BCUT2D eigenvalue weighted by atomic mass is 16.5. The van der Waals surface area contributed by atoms with Crippen molar-refractivity contribution in [2.45, 2.75) is 13.8 Å². The standard InChI is InChI=1S/C17H18N2O2/c1-12-10-13(2)18-16(11-12)19-17(20)9-6-14-4-7-15(21-3)8-5-14/h4-11H,1-3H3,(H,18,19,20)/b9-6+. The number of rotatable bonds is 4. The average molecular weight is 282 g/mol. The molecule has 0 fully saturated rings. The van der Waals surface area contributed by atoms with E-state index < -0.39 is 0 Å². The molecule has 1 aromatic heterocycles. The number of pyridine rings is 1. The number of aryl methyl sites for hydroxylation is 2. The summed E-state index contributed by atoms with van der Waals surface area (Å²) in [5, 5.41) is 2.75. The lowest BCUT2D eigenvalue weighted by molar-refractivity contribution is -0.111. The highest BCUT2D eigenvalue weighted by Crippen LogP contribution is 2.13. The van der Waals surface area contributed by atoms with Gasteiger partial charge in [0.15, 0.2) is 0 Å². The molecular formula is C17H18N2O2. The first-order valence-corrected chi connectivity index (χ1v) is 6.65. The summed E-state index contributed by atoms with van der Waals surface area (Å²) in [5.41, 5.74) is 2.88. The van der Waals surface area contributed by atoms with Crippen molar-refractivity contribution < 1.29 is 9.53 Å². The average Bonchev–Trinajstić information content (AvgIpc) is 2.44. The summed E-state index contributed by atoms with van der Waals surface area (Å²) >= 11 is 0. The van der Waals surface area contributed by atoms with E-state index in [1.54, 1.807) is 13.2 Å². The summed E-state index contributed by atoms with van der Waals surface area (Å²) in [6.07, 6.45) is 3.23. The molecule has 2 aromatic rings. The number of nitrogens with zero attached hydrogens (tertiary/aromatic N) is 1. The van der Waals surface area contributed by atoms with Crippen LogP contribution in [-0.2, 0) is 4.79 Å². The summed E-state index contributed by atoms with van der Waals surface area (Å²) in [6, 6.07) is 11.3. The number of hydrogen-bond donors (Lipinski definition) is 1. The second-order valence-corrected chi connectivity index (χ2v) is 4.77. The number of hydrogen-bond acceptors (Lipinski definition) is 3. The number of methoxy groups -OCH3 is 1. The Balaban J connectivity index is 2.01. The highest BCUT2D eigenvalue weighted by Gasteiger charge is 2.01. The van der Waals surface area contributed by atoms with Gasteiger partial charge < -0.3 is 10.1 Å². The monoisotopic (exact) mass is 282 g/mol. The number of ether oxygens (including phenoxy) is 1. The summed E-state index contributed by atoms with van der Waals surface area (Å²) in [7, 11) is 1.62. The van der Waals surface area contributed by atoms with Crippen LogP contribution in [0.1, 0.15) is 16.8 Å². The van der Waals surface area contributed by atoms with Crippen molar-refractivity contribution in [2.24, 2.45) is 0 Å². The van der Waals surface area contributed by atoms with Crippen LogP contribution in [0.25, 0.3) is 6.08 Å². The maximum absolute atomic E-state index is 11.9. The van der Waals surface area contributed by atoms with Gasteiger partial charge in [-0.25, -0.2) is 4.98 Å². The zero-order chi connectivity index (χ0) is 15.2. The van der Waals surface area contributed by atoms with Gasteiger partial charge in [0.05, 0.1) is 7.11 Å². The van der Waals surface area contributed by atoms with Crippen LogP contribution in [0.5, 0.6) is 5.75 Å². The Hall–Kier alpha value is -2.62. The van der Waals surface area contributed by atoms with Crippen LogP contribution in [0.15, 0.2) is 42.5 Å². The molecule has 0 saturated heterocycles. The van der Waals surface area contributed by atoms with Crippen LogP contribution in [0.3, 0.4) is 0 Å². The molecule has 0 unspecified atom stereocenters. The largest absolute Gasteiger partial charge is 0.497 e. The van der Waals surface area contributed by atoms with Crippen molar-refractivity contribution in [3.05, 3.63) is 59.3 Å². The number of carbonyl (C=O) groups is 1. The Morgan fingerprint density at radius 3 is 2.52 bits per heavy atom. The lowest BCUT2D eigenvalue weighted by atomic mass is 10.2. The molecule has 1 amide bonds. The van der Waals surface area contributed by atoms with E-state index >= 15 is 0 Å². The summed E-state index contributed by atoms with van der Waals surface area (Å²) in [4.78, 5) is 16.1. The molecule has 4 heteroatoms. The number of nitrogens with one attached hydrogen (secondary N) is 1. The van der Waals surface area contributed by atoms with Crippen LogP contribution < -0.4 is 10.1 Å². The minimum Gasteiger partial charge on any atom is -0.497 e. The van der Waals surface area contributed by atoms with Crippen molar-refractivity contribution in [3.63, 3.8) is 0 Å². The Morgan fingerprint density at radius 1 is 1.19 bits per heavy atom. The molecule has 1 heterocycles. The molecule has 108 valence electrons. The van der Waals surface area contributed by atoms with E-state index in [0.717, 1.165) is 22.6 Å². The van der Waals surface area contributed by atoms with Gasteiger partial charge in [0.25, 0.3) is 0 Å². The third-order valence-electron chi connectivity index (χ3n) is 2.89. The number of amides is 1. The fourth-order valence-corrected chi connectivity index (χ4v) is 1.96. The summed E-state index contributed by atoms with van der Waals surface area (Å²) in [6.45, 7) is 3.87. The molecule has 1 N–H and O–H groups in total. The van der Waals surface area contributed by atoms with Crippen LogP contribution in [0.4, 0.5) is 5.82 Å². The zero-order valence-electron chi connectivity index (χ0n) is 12.4. The van der Waals surface area contributed by atoms with E-state index in [9.17, 15) is 4.79 Å². The zero-order valence-corrected chi connectivity index (χ0v) is 12.4. The van der Waals surface area contributed by atoms with E-state index in [4.69, 9.17) is 4.74 Å². The lowest BCUT2D eigenvalue weighted by Crippen LogP contribution is -2.09. The van der Waals surface area contributed by atoms with Crippen LogP contribution in [0, 0.1) is 13.8 Å². The van der Waals surface area contributed by atoms with Crippen LogP contribution >= 0.6 is 0 Å². The normalized spacial score (nSPS) is 10.6.